The highest BCUT2D eigenvalue weighted by Gasteiger charge is 2.11. The first-order valence-electron chi connectivity index (χ1n) is 5.70. The maximum absolute atomic E-state index is 11.8. The standard InChI is InChI=1S/C12H18N2O2S/c1-3-11(4-2)10-13-14-17(15,16)12-8-6-5-7-9-12/h5-11,14H,3-4H2,1-2H3/b13-10-. The van der Waals surface area contributed by atoms with Crippen molar-refractivity contribution in [2.45, 2.75) is 31.6 Å². The largest absolute Gasteiger partial charge is 0.276 e. The summed E-state index contributed by atoms with van der Waals surface area (Å²) in [6.07, 6.45) is 3.56. The average molecular weight is 254 g/mol. The first-order chi connectivity index (χ1) is 8.10. The van der Waals surface area contributed by atoms with E-state index in [1.165, 1.54) is 12.1 Å². The average Bonchev–Trinajstić information content (AvgIpc) is 2.36. The van der Waals surface area contributed by atoms with Gasteiger partial charge in [-0.15, -0.1) is 0 Å². The van der Waals surface area contributed by atoms with E-state index in [1.54, 1.807) is 24.4 Å². The Morgan fingerprint density at radius 2 is 1.82 bits per heavy atom. The highest BCUT2D eigenvalue weighted by molar-refractivity contribution is 7.89. The van der Waals surface area contributed by atoms with Gasteiger partial charge in [-0.05, 0) is 30.9 Å². The summed E-state index contributed by atoms with van der Waals surface area (Å²) < 4.78 is 23.5. The molecule has 0 fully saturated rings. The second-order valence-electron chi connectivity index (χ2n) is 3.76. The van der Waals surface area contributed by atoms with Gasteiger partial charge < -0.3 is 0 Å². The lowest BCUT2D eigenvalue weighted by Gasteiger charge is -2.05. The van der Waals surface area contributed by atoms with Crippen LogP contribution in [0.15, 0.2) is 40.3 Å². The van der Waals surface area contributed by atoms with E-state index < -0.39 is 10.0 Å². The van der Waals surface area contributed by atoms with E-state index in [2.05, 4.69) is 9.93 Å². The van der Waals surface area contributed by atoms with Crippen LogP contribution in [0.4, 0.5) is 0 Å². The van der Waals surface area contributed by atoms with Crippen LogP contribution in [0.5, 0.6) is 0 Å². The Kier molecular flexibility index (Phi) is 5.15. The lowest BCUT2D eigenvalue weighted by atomic mass is 10.1. The SMILES string of the molecule is CCC(/C=N\NS(=O)(=O)c1ccccc1)CC. The Hall–Kier alpha value is -1.36. The zero-order valence-corrected chi connectivity index (χ0v) is 10.9. The van der Waals surface area contributed by atoms with E-state index in [1.807, 2.05) is 13.8 Å². The minimum absolute atomic E-state index is 0.224. The maximum atomic E-state index is 11.8. The van der Waals surface area contributed by atoms with Crippen LogP contribution < -0.4 is 4.83 Å². The molecule has 0 saturated carbocycles. The van der Waals surface area contributed by atoms with Crippen molar-refractivity contribution >= 4 is 16.2 Å². The molecular formula is C12H18N2O2S. The fourth-order valence-corrected chi connectivity index (χ4v) is 2.18. The highest BCUT2D eigenvalue weighted by Crippen LogP contribution is 2.07. The predicted molar refractivity (Wildman–Crippen MR) is 69.3 cm³/mol. The van der Waals surface area contributed by atoms with E-state index in [4.69, 9.17) is 0 Å². The van der Waals surface area contributed by atoms with Gasteiger partial charge >= 0.3 is 0 Å². The third-order valence-corrected chi connectivity index (χ3v) is 3.80. The highest BCUT2D eigenvalue weighted by atomic mass is 32.2. The molecule has 94 valence electrons. The summed E-state index contributed by atoms with van der Waals surface area (Å²) in [4.78, 5) is 2.44. The molecule has 0 aliphatic carbocycles. The summed E-state index contributed by atoms with van der Waals surface area (Å²) in [5.74, 6) is 0.313. The van der Waals surface area contributed by atoms with Gasteiger partial charge in [0.1, 0.15) is 0 Å². The van der Waals surface area contributed by atoms with Gasteiger partial charge in [0, 0.05) is 6.21 Å². The van der Waals surface area contributed by atoms with Crippen molar-refractivity contribution in [2.24, 2.45) is 11.0 Å². The Balaban J connectivity index is 2.69. The lowest BCUT2D eigenvalue weighted by molar-refractivity contribution is 0.583. The van der Waals surface area contributed by atoms with Crippen molar-refractivity contribution in [3.8, 4) is 0 Å². The molecule has 1 rings (SSSR count). The third-order valence-electron chi connectivity index (χ3n) is 2.56. The van der Waals surface area contributed by atoms with E-state index in [0.29, 0.717) is 5.92 Å². The maximum Gasteiger partial charge on any atom is 0.276 e. The second kappa shape index (κ2) is 6.39. The molecule has 4 nitrogen and oxygen atoms in total. The van der Waals surface area contributed by atoms with Gasteiger partial charge in [0.2, 0.25) is 0 Å². The van der Waals surface area contributed by atoms with Gasteiger partial charge in [0.05, 0.1) is 4.90 Å². The molecule has 0 radical (unpaired) electrons. The molecule has 1 N–H and O–H groups in total. The number of nitrogens with zero attached hydrogens (tertiary/aromatic N) is 1. The number of hydrogen-bond donors (Lipinski definition) is 1. The van der Waals surface area contributed by atoms with Gasteiger partial charge in [-0.3, -0.25) is 0 Å². The van der Waals surface area contributed by atoms with Gasteiger partial charge in [0.25, 0.3) is 10.0 Å². The fraction of sp³-hybridized carbons (Fsp3) is 0.417. The Morgan fingerprint density at radius 1 is 1.24 bits per heavy atom. The summed E-state index contributed by atoms with van der Waals surface area (Å²) in [6.45, 7) is 4.10. The molecule has 17 heavy (non-hydrogen) atoms. The predicted octanol–water partition coefficient (Wildman–Crippen LogP) is 2.39. The van der Waals surface area contributed by atoms with Crippen molar-refractivity contribution in [3.63, 3.8) is 0 Å². The molecule has 1 aromatic rings. The minimum Gasteiger partial charge on any atom is -0.200 e. The molecule has 0 spiro atoms. The number of hydrazone groups is 1. The van der Waals surface area contributed by atoms with Crippen LogP contribution in [0.1, 0.15) is 26.7 Å². The third kappa shape index (κ3) is 4.19. The number of rotatable bonds is 6. The van der Waals surface area contributed by atoms with E-state index in [-0.39, 0.29) is 4.90 Å². The number of hydrogen-bond acceptors (Lipinski definition) is 3. The van der Waals surface area contributed by atoms with Crippen molar-refractivity contribution in [3.05, 3.63) is 30.3 Å². The Bertz CT molecular complexity index is 451. The first-order valence-corrected chi connectivity index (χ1v) is 7.18. The number of benzene rings is 1. The Labute approximate surface area is 103 Å². The molecule has 0 unspecified atom stereocenters. The summed E-state index contributed by atoms with van der Waals surface area (Å²) in [7, 11) is -3.52. The van der Waals surface area contributed by atoms with Crippen molar-refractivity contribution < 1.29 is 8.42 Å². The van der Waals surface area contributed by atoms with Gasteiger partial charge in [0.15, 0.2) is 0 Å². The summed E-state index contributed by atoms with van der Waals surface area (Å²) in [5, 5.41) is 3.80. The van der Waals surface area contributed by atoms with Gasteiger partial charge in [-0.25, -0.2) is 4.83 Å². The quantitative estimate of drug-likeness (QED) is 0.626. The number of nitrogens with one attached hydrogen (secondary N) is 1. The zero-order valence-electron chi connectivity index (χ0n) is 10.1. The second-order valence-corrected chi connectivity index (χ2v) is 5.42. The van der Waals surface area contributed by atoms with E-state index >= 15 is 0 Å². The summed E-state index contributed by atoms with van der Waals surface area (Å²) in [5.41, 5.74) is 0. The zero-order chi connectivity index (χ0) is 12.7. The van der Waals surface area contributed by atoms with Crippen LogP contribution in [0, 0.1) is 5.92 Å². The molecule has 0 heterocycles. The summed E-state index contributed by atoms with van der Waals surface area (Å²) in [6, 6.07) is 8.20. The minimum atomic E-state index is -3.52. The topological polar surface area (TPSA) is 58.5 Å². The molecular weight excluding hydrogens is 236 g/mol. The van der Waals surface area contributed by atoms with Crippen LogP contribution in [-0.4, -0.2) is 14.6 Å². The van der Waals surface area contributed by atoms with Crippen molar-refractivity contribution in [2.75, 3.05) is 0 Å². The van der Waals surface area contributed by atoms with E-state index in [9.17, 15) is 8.42 Å². The van der Waals surface area contributed by atoms with Crippen LogP contribution >= 0.6 is 0 Å². The van der Waals surface area contributed by atoms with Gasteiger partial charge in [-0.1, -0.05) is 32.0 Å². The molecule has 0 aromatic heterocycles. The molecule has 1 aromatic carbocycles. The monoisotopic (exact) mass is 254 g/mol. The molecule has 0 amide bonds. The van der Waals surface area contributed by atoms with Crippen LogP contribution in [-0.2, 0) is 10.0 Å². The smallest absolute Gasteiger partial charge is 0.200 e. The number of sulfonamides is 1. The fourth-order valence-electron chi connectivity index (χ4n) is 1.36. The van der Waals surface area contributed by atoms with Crippen LogP contribution in [0.3, 0.4) is 0 Å². The molecule has 0 atom stereocenters. The normalized spacial score (nSPS) is 12.2. The van der Waals surface area contributed by atoms with Crippen LogP contribution in [0.25, 0.3) is 0 Å². The molecule has 0 saturated heterocycles. The lowest BCUT2D eigenvalue weighted by Crippen LogP contribution is -2.19. The van der Waals surface area contributed by atoms with E-state index in [0.717, 1.165) is 12.8 Å². The molecule has 5 heteroatoms. The molecule has 0 aliphatic heterocycles. The van der Waals surface area contributed by atoms with Gasteiger partial charge in [-0.2, -0.15) is 13.5 Å². The first kappa shape index (κ1) is 13.7. The van der Waals surface area contributed by atoms with Crippen molar-refractivity contribution in [1.29, 1.82) is 0 Å². The summed E-state index contributed by atoms with van der Waals surface area (Å²) >= 11 is 0. The van der Waals surface area contributed by atoms with Crippen LogP contribution in [0.2, 0.25) is 0 Å². The molecule has 0 aliphatic rings. The Morgan fingerprint density at radius 3 is 2.35 bits per heavy atom. The molecule has 0 bridgehead atoms. The van der Waals surface area contributed by atoms with Crippen molar-refractivity contribution in [1.82, 2.24) is 4.83 Å².